The summed E-state index contributed by atoms with van der Waals surface area (Å²) in [6.45, 7) is 1.93. The number of carbonyl (C=O) groups excluding carboxylic acids is 2. The zero-order valence-electron chi connectivity index (χ0n) is 18.4. The van der Waals surface area contributed by atoms with Gasteiger partial charge in [0.15, 0.2) is 0 Å². The van der Waals surface area contributed by atoms with Gasteiger partial charge in [0, 0.05) is 30.0 Å². The number of amides is 2. The highest BCUT2D eigenvalue weighted by Crippen LogP contribution is 2.29. The number of benzene rings is 3. The molecule has 1 aliphatic heterocycles. The summed E-state index contributed by atoms with van der Waals surface area (Å²) in [4.78, 5) is 29.6. The van der Waals surface area contributed by atoms with Gasteiger partial charge < -0.3 is 19.9 Å². The van der Waals surface area contributed by atoms with E-state index in [4.69, 9.17) is 4.74 Å². The molecule has 6 heteroatoms. The first-order valence-electron chi connectivity index (χ1n) is 10.7. The Balaban J connectivity index is 1.42. The number of hydrogen-bond acceptors (Lipinski definition) is 4. The molecule has 0 aliphatic carbocycles. The highest BCUT2D eigenvalue weighted by Gasteiger charge is 2.25. The SMILES string of the molecule is CN(C)CCOc1ccccc1C(=O)Nc1ccc(C(=O)N2CCc3ccccc32)cc1. The second-order valence-corrected chi connectivity index (χ2v) is 8.01. The normalized spacial score (nSPS) is 12.5. The largest absolute Gasteiger partial charge is 0.491 e. The molecule has 164 valence electrons. The van der Waals surface area contributed by atoms with Crippen molar-refractivity contribution >= 4 is 23.2 Å². The van der Waals surface area contributed by atoms with Crippen LogP contribution >= 0.6 is 0 Å². The lowest BCUT2D eigenvalue weighted by molar-refractivity contribution is 0.0988. The quantitative estimate of drug-likeness (QED) is 0.615. The molecule has 0 radical (unpaired) electrons. The van der Waals surface area contributed by atoms with Gasteiger partial charge in [-0.3, -0.25) is 9.59 Å². The third-order valence-corrected chi connectivity index (χ3v) is 5.45. The molecule has 3 aromatic rings. The number of carbonyl (C=O) groups is 2. The van der Waals surface area contributed by atoms with Crippen LogP contribution in [0.25, 0.3) is 0 Å². The molecule has 1 aliphatic rings. The zero-order chi connectivity index (χ0) is 22.5. The Bertz CT molecular complexity index is 1110. The van der Waals surface area contributed by atoms with Crippen molar-refractivity contribution < 1.29 is 14.3 Å². The minimum Gasteiger partial charge on any atom is -0.491 e. The van der Waals surface area contributed by atoms with Gasteiger partial charge in [-0.15, -0.1) is 0 Å². The number of nitrogens with one attached hydrogen (secondary N) is 1. The lowest BCUT2D eigenvalue weighted by atomic mass is 10.1. The van der Waals surface area contributed by atoms with Gasteiger partial charge in [-0.2, -0.15) is 0 Å². The Morgan fingerprint density at radius 1 is 0.969 bits per heavy atom. The number of ether oxygens (including phenoxy) is 1. The highest BCUT2D eigenvalue weighted by atomic mass is 16.5. The monoisotopic (exact) mass is 429 g/mol. The summed E-state index contributed by atoms with van der Waals surface area (Å²) in [6, 6.07) is 22.2. The third-order valence-electron chi connectivity index (χ3n) is 5.45. The molecule has 1 heterocycles. The zero-order valence-corrected chi connectivity index (χ0v) is 18.4. The van der Waals surface area contributed by atoms with Gasteiger partial charge in [0.1, 0.15) is 12.4 Å². The number of para-hydroxylation sites is 2. The predicted octanol–water partition coefficient (Wildman–Crippen LogP) is 4.08. The van der Waals surface area contributed by atoms with Crippen LogP contribution in [0, 0.1) is 0 Å². The van der Waals surface area contributed by atoms with Crippen molar-refractivity contribution in [3.05, 3.63) is 89.5 Å². The maximum Gasteiger partial charge on any atom is 0.259 e. The lowest BCUT2D eigenvalue weighted by Crippen LogP contribution is -2.28. The molecule has 0 unspecified atom stereocenters. The van der Waals surface area contributed by atoms with E-state index in [1.165, 1.54) is 5.56 Å². The van der Waals surface area contributed by atoms with E-state index >= 15 is 0 Å². The highest BCUT2D eigenvalue weighted by molar-refractivity contribution is 6.08. The minimum atomic E-state index is -0.252. The van der Waals surface area contributed by atoms with Gasteiger partial charge in [-0.1, -0.05) is 30.3 Å². The van der Waals surface area contributed by atoms with E-state index in [-0.39, 0.29) is 11.8 Å². The van der Waals surface area contributed by atoms with Gasteiger partial charge in [-0.05, 0) is 68.5 Å². The maximum atomic E-state index is 13.0. The topological polar surface area (TPSA) is 61.9 Å². The Morgan fingerprint density at radius 2 is 1.69 bits per heavy atom. The Labute approximate surface area is 188 Å². The molecule has 32 heavy (non-hydrogen) atoms. The Hall–Kier alpha value is -3.64. The molecule has 4 rings (SSSR count). The molecule has 0 fully saturated rings. The molecule has 0 aromatic heterocycles. The molecule has 6 nitrogen and oxygen atoms in total. The van der Waals surface area contributed by atoms with Crippen molar-refractivity contribution in [2.45, 2.75) is 6.42 Å². The van der Waals surface area contributed by atoms with E-state index in [9.17, 15) is 9.59 Å². The van der Waals surface area contributed by atoms with Crippen LogP contribution in [0.1, 0.15) is 26.3 Å². The second kappa shape index (κ2) is 9.66. The Morgan fingerprint density at radius 3 is 2.47 bits per heavy atom. The molecule has 0 spiro atoms. The van der Waals surface area contributed by atoms with Crippen LogP contribution in [0.4, 0.5) is 11.4 Å². The van der Waals surface area contributed by atoms with Crippen molar-refractivity contribution in [2.75, 3.05) is 44.0 Å². The van der Waals surface area contributed by atoms with Gasteiger partial charge in [0.2, 0.25) is 0 Å². The number of fused-ring (bicyclic) bond motifs is 1. The molecular formula is C26H27N3O3. The molecule has 0 atom stereocenters. The average molecular weight is 430 g/mol. The second-order valence-electron chi connectivity index (χ2n) is 8.01. The molecule has 0 bridgehead atoms. The van der Waals surface area contributed by atoms with Crippen molar-refractivity contribution in [3.8, 4) is 5.75 Å². The number of nitrogens with zero attached hydrogens (tertiary/aromatic N) is 2. The van der Waals surface area contributed by atoms with Gasteiger partial charge in [0.25, 0.3) is 11.8 Å². The fourth-order valence-corrected chi connectivity index (χ4v) is 3.72. The van der Waals surface area contributed by atoms with E-state index in [0.717, 1.165) is 18.7 Å². The van der Waals surface area contributed by atoms with E-state index in [1.807, 2.05) is 54.2 Å². The van der Waals surface area contributed by atoms with E-state index in [1.54, 1.807) is 36.4 Å². The van der Waals surface area contributed by atoms with Crippen LogP contribution in [0.15, 0.2) is 72.8 Å². The minimum absolute atomic E-state index is 0.0348. The standard InChI is InChI=1S/C26H27N3O3/c1-28(2)17-18-32-24-10-6-4-8-22(24)25(30)27-21-13-11-20(12-14-21)26(31)29-16-15-19-7-3-5-9-23(19)29/h3-14H,15-18H2,1-2H3,(H,27,30). The molecule has 2 amide bonds. The summed E-state index contributed by atoms with van der Waals surface area (Å²) in [5, 5.41) is 2.89. The third kappa shape index (κ3) is 4.81. The van der Waals surface area contributed by atoms with Crippen LogP contribution in [0.3, 0.4) is 0 Å². The summed E-state index contributed by atoms with van der Waals surface area (Å²) in [7, 11) is 3.94. The number of rotatable bonds is 7. The fourth-order valence-electron chi connectivity index (χ4n) is 3.72. The molecular weight excluding hydrogens is 402 g/mol. The first-order valence-corrected chi connectivity index (χ1v) is 10.7. The first-order chi connectivity index (χ1) is 15.5. The summed E-state index contributed by atoms with van der Waals surface area (Å²) in [5.41, 5.74) is 3.85. The van der Waals surface area contributed by atoms with Crippen LogP contribution in [0.2, 0.25) is 0 Å². The van der Waals surface area contributed by atoms with Crippen molar-refractivity contribution in [3.63, 3.8) is 0 Å². The van der Waals surface area contributed by atoms with Crippen LogP contribution in [-0.2, 0) is 6.42 Å². The fraction of sp³-hybridized carbons (Fsp3) is 0.231. The molecule has 1 N–H and O–H groups in total. The van der Waals surface area contributed by atoms with Gasteiger partial charge >= 0.3 is 0 Å². The summed E-state index contributed by atoms with van der Waals surface area (Å²) in [6.07, 6.45) is 0.867. The van der Waals surface area contributed by atoms with Crippen molar-refractivity contribution in [1.29, 1.82) is 0 Å². The maximum absolute atomic E-state index is 13.0. The lowest BCUT2D eigenvalue weighted by Gasteiger charge is -2.17. The number of hydrogen-bond donors (Lipinski definition) is 1. The number of likely N-dealkylation sites (N-methyl/N-ethyl adjacent to an activating group) is 1. The van der Waals surface area contributed by atoms with Gasteiger partial charge in [-0.25, -0.2) is 0 Å². The van der Waals surface area contributed by atoms with Crippen LogP contribution < -0.4 is 15.0 Å². The Kier molecular flexibility index (Phi) is 6.52. The summed E-state index contributed by atoms with van der Waals surface area (Å²) in [5.74, 6) is 0.261. The van der Waals surface area contributed by atoms with E-state index in [0.29, 0.717) is 35.7 Å². The van der Waals surface area contributed by atoms with Gasteiger partial charge in [0.05, 0.1) is 5.56 Å². The summed E-state index contributed by atoms with van der Waals surface area (Å²) < 4.78 is 5.79. The first kappa shape index (κ1) is 21.6. The molecule has 3 aromatic carbocycles. The summed E-state index contributed by atoms with van der Waals surface area (Å²) >= 11 is 0. The number of anilines is 2. The molecule has 0 saturated carbocycles. The average Bonchev–Trinajstić information content (AvgIpc) is 3.23. The molecule has 0 saturated heterocycles. The smallest absolute Gasteiger partial charge is 0.259 e. The van der Waals surface area contributed by atoms with Crippen molar-refractivity contribution in [2.24, 2.45) is 0 Å². The van der Waals surface area contributed by atoms with Crippen LogP contribution in [0.5, 0.6) is 5.75 Å². The predicted molar refractivity (Wildman–Crippen MR) is 127 cm³/mol. The van der Waals surface area contributed by atoms with Crippen molar-refractivity contribution in [1.82, 2.24) is 4.90 Å². The van der Waals surface area contributed by atoms with Crippen LogP contribution in [-0.4, -0.2) is 50.5 Å². The van der Waals surface area contributed by atoms with E-state index < -0.39 is 0 Å². The van der Waals surface area contributed by atoms with E-state index in [2.05, 4.69) is 11.4 Å².